The summed E-state index contributed by atoms with van der Waals surface area (Å²) in [6.07, 6.45) is 1.61. The fourth-order valence-corrected chi connectivity index (χ4v) is 3.48. The topological polar surface area (TPSA) is 71.1 Å². The predicted octanol–water partition coefficient (Wildman–Crippen LogP) is 4.69. The maximum atomic E-state index is 12.9. The van der Waals surface area contributed by atoms with E-state index in [1.807, 2.05) is 0 Å². The predicted molar refractivity (Wildman–Crippen MR) is 106 cm³/mol. The monoisotopic (exact) mass is 414 g/mol. The molecule has 2 aromatic carbocycles. The molecular weight excluding hydrogens is 396 g/mol. The molecule has 29 heavy (non-hydrogen) atoms. The Bertz CT molecular complexity index is 1050. The Kier molecular flexibility index (Phi) is 5.06. The first-order valence-corrected chi connectivity index (χ1v) is 9.55. The molecule has 2 aliphatic rings. The largest absolute Gasteiger partial charge is 0.467 e. The molecule has 0 radical (unpaired) electrons. The van der Waals surface area contributed by atoms with Crippen molar-refractivity contribution in [2.24, 2.45) is 5.92 Å². The molecule has 0 aromatic heterocycles. The normalized spacial score (nSPS) is 16.3. The summed E-state index contributed by atoms with van der Waals surface area (Å²) in [6, 6.07) is 6.69. The number of esters is 1. The van der Waals surface area contributed by atoms with Crippen LogP contribution in [0.3, 0.4) is 0 Å². The molecule has 2 aromatic rings. The number of carbonyl (C=O) groups excluding carboxylic acids is 2. The van der Waals surface area contributed by atoms with Crippen LogP contribution < -0.4 is 14.2 Å². The Balaban J connectivity index is 1.69. The van der Waals surface area contributed by atoms with Gasteiger partial charge in [0.05, 0.1) is 18.1 Å². The summed E-state index contributed by atoms with van der Waals surface area (Å²) in [5.74, 6) is 0.593. The van der Waals surface area contributed by atoms with Gasteiger partial charge >= 0.3 is 5.97 Å². The highest BCUT2D eigenvalue weighted by molar-refractivity contribution is 6.31. The molecule has 0 saturated carbocycles. The lowest BCUT2D eigenvalue weighted by atomic mass is 10.0. The zero-order chi connectivity index (χ0) is 20.7. The number of hydrogen-bond donors (Lipinski definition) is 0. The van der Waals surface area contributed by atoms with Gasteiger partial charge in [0, 0.05) is 22.2 Å². The number of ether oxygens (including phenoxy) is 4. The average molecular weight is 415 g/mol. The summed E-state index contributed by atoms with van der Waals surface area (Å²) < 4.78 is 22.0. The van der Waals surface area contributed by atoms with Crippen LogP contribution in [0.1, 0.15) is 40.9 Å². The third-order valence-corrected chi connectivity index (χ3v) is 4.84. The smallest absolute Gasteiger partial charge is 0.313 e. The average Bonchev–Trinajstić information content (AvgIpc) is 2.97. The number of allylic oxidation sites excluding steroid dienone is 1. The van der Waals surface area contributed by atoms with Crippen LogP contribution in [0.5, 0.6) is 17.2 Å². The number of ketones is 1. The minimum absolute atomic E-state index is 0.128. The molecule has 150 valence electrons. The van der Waals surface area contributed by atoms with Crippen molar-refractivity contribution in [1.82, 2.24) is 0 Å². The minimum atomic E-state index is -0.352. The molecule has 0 fully saturated rings. The number of Topliss-reactive ketones (excluding diaryl/α,β-unsaturated/α-hetero) is 1. The molecule has 7 heteroatoms. The highest BCUT2D eigenvalue weighted by atomic mass is 35.5. The minimum Gasteiger partial charge on any atom is -0.467 e. The van der Waals surface area contributed by atoms with Gasteiger partial charge in [0.15, 0.2) is 12.6 Å². The molecule has 0 saturated heterocycles. The summed E-state index contributed by atoms with van der Waals surface area (Å²) in [6.45, 7) is 5.79. The second-order valence-corrected chi connectivity index (χ2v) is 7.66. The summed E-state index contributed by atoms with van der Waals surface area (Å²) in [5, 5.41) is 0.506. The van der Waals surface area contributed by atoms with E-state index in [1.165, 1.54) is 0 Å². The SMILES string of the molecule is Cc1cc(OC(=O)C(C)C)cc2c1C(=O)/C(=C/c1cc(Cl)cc3c1OCOC3)O2. The number of hydrogen-bond acceptors (Lipinski definition) is 6. The number of carbonyl (C=O) groups is 2. The van der Waals surface area contributed by atoms with Crippen molar-refractivity contribution in [1.29, 1.82) is 0 Å². The van der Waals surface area contributed by atoms with Crippen LogP contribution in [0.25, 0.3) is 6.08 Å². The zero-order valence-electron chi connectivity index (χ0n) is 16.2. The van der Waals surface area contributed by atoms with Crippen LogP contribution in [0, 0.1) is 12.8 Å². The van der Waals surface area contributed by atoms with E-state index in [4.69, 9.17) is 30.5 Å². The third kappa shape index (κ3) is 3.73. The quantitative estimate of drug-likeness (QED) is 0.412. The number of halogens is 1. The molecule has 6 nitrogen and oxygen atoms in total. The lowest BCUT2D eigenvalue weighted by molar-refractivity contribution is -0.137. The van der Waals surface area contributed by atoms with Crippen molar-refractivity contribution >= 4 is 29.4 Å². The van der Waals surface area contributed by atoms with Gasteiger partial charge in [-0.15, -0.1) is 0 Å². The zero-order valence-corrected chi connectivity index (χ0v) is 17.0. The molecule has 0 spiro atoms. The van der Waals surface area contributed by atoms with E-state index in [1.54, 1.807) is 51.1 Å². The van der Waals surface area contributed by atoms with E-state index < -0.39 is 0 Å². The molecular formula is C22H19ClO6. The molecule has 0 unspecified atom stereocenters. The Morgan fingerprint density at radius 1 is 1.24 bits per heavy atom. The number of aryl methyl sites for hydroxylation is 1. The van der Waals surface area contributed by atoms with Crippen molar-refractivity contribution in [2.75, 3.05) is 6.79 Å². The van der Waals surface area contributed by atoms with Gasteiger partial charge in [0.25, 0.3) is 0 Å². The molecule has 0 atom stereocenters. The first kappa shape index (κ1) is 19.5. The number of benzene rings is 2. The van der Waals surface area contributed by atoms with Crippen molar-refractivity contribution in [3.8, 4) is 17.2 Å². The second kappa shape index (κ2) is 7.54. The van der Waals surface area contributed by atoms with Gasteiger partial charge in [0.1, 0.15) is 17.2 Å². The van der Waals surface area contributed by atoms with Crippen LogP contribution in [0.4, 0.5) is 0 Å². The molecule has 0 bridgehead atoms. The Morgan fingerprint density at radius 3 is 2.79 bits per heavy atom. The summed E-state index contributed by atoms with van der Waals surface area (Å²) in [5.41, 5.74) is 2.55. The number of fused-ring (bicyclic) bond motifs is 2. The fourth-order valence-electron chi connectivity index (χ4n) is 3.23. The van der Waals surface area contributed by atoms with Crippen molar-refractivity contribution in [2.45, 2.75) is 27.4 Å². The van der Waals surface area contributed by atoms with E-state index in [-0.39, 0.29) is 30.2 Å². The van der Waals surface area contributed by atoms with Crippen LogP contribution >= 0.6 is 11.6 Å². The summed E-state index contributed by atoms with van der Waals surface area (Å²) in [7, 11) is 0. The Labute approximate surface area is 173 Å². The van der Waals surface area contributed by atoms with Gasteiger partial charge in [-0.1, -0.05) is 25.4 Å². The second-order valence-electron chi connectivity index (χ2n) is 7.22. The number of rotatable bonds is 3. The van der Waals surface area contributed by atoms with E-state index in [0.717, 1.165) is 5.56 Å². The molecule has 0 amide bonds. The van der Waals surface area contributed by atoms with Gasteiger partial charge in [-0.05, 0) is 36.8 Å². The third-order valence-electron chi connectivity index (χ3n) is 4.62. The highest BCUT2D eigenvalue weighted by Crippen LogP contribution is 2.39. The Morgan fingerprint density at radius 2 is 2.03 bits per heavy atom. The van der Waals surface area contributed by atoms with E-state index in [0.29, 0.717) is 45.6 Å². The molecule has 2 heterocycles. The van der Waals surface area contributed by atoms with Crippen LogP contribution in [0.2, 0.25) is 5.02 Å². The van der Waals surface area contributed by atoms with Gasteiger partial charge in [-0.25, -0.2) is 0 Å². The molecule has 4 rings (SSSR count). The van der Waals surface area contributed by atoms with Crippen LogP contribution in [0.15, 0.2) is 30.0 Å². The van der Waals surface area contributed by atoms with Crippen LogP contribution in [-0.4, -0.2) is 18.5 Å². The first-order valence-electron chi connectivity index (χ1n) is 9.17. The van der Waals surface area contributed by atoms with Crippen molar-refractivity contribution in [3.63, 3.8) is 0 Å². The molecule has 0 N–H and O–H groups in total. The van der Waals surface area contributed by atoms with E-state index in [9.17, 15) is 9.59 Å². The maximum absolute atomic E-state index is 12.9. The molecule has 2 aliphatic heterocycles. The van der Waals surface area contributed by atoms with Gasteiger partial charge in [-0.2, -0.15) is 0 Å². The first-order chi connectivity index (χ1) is 13.8. The van der Waals surface area contributed by atoms with E-state index in [2.05, 4.69) is 0 Å². The fraction of sp³-hybridized carbons (Fsp3) is 0.273. The summed E-state index contributed by atoms with van der Waals surface area (Å²) in [4.78, 5) is 24.8. The highest BCUT2D eigenvalue weighted by Gasteiger charge is 2.31. The summed E-state index contributed by atoms with van der Waals surface area (Å²) >= 11 is 6.20. The van der Waals surface area contributed by atoms with Crippen molar-refractivity contribution in [3.05, 3.63) is 57.3 Å². The van der Waals surface area contributed by atoms with Gasteiger partial charge < -0.3 is 18.9 Å². The Hall–Kier alpha value is -2.83. The standard InChI is InChI=1S/C22H19ClO6/c1-11(2)22(25)28-16-4-12(3)19-17(8-16)29-18(20(19)24)7-13-5-15(23)6-14-9-26-10-27-21(13)14/h4-8,11H,9-10H2,1-3H3/b18-7-. The van der Waals surface area contributed by atoms with E-state index >= 15 is 0 Å². The van der Waals surface area contributed by atoms with Crippen LogP contribution in [-0.2, 0) is 16.1 Å². The lowest BCUT2D eigenvalue weighted by Gasteiger charge is -2.20. The molecule has 0 aliphatic carbocycles. The lowest BCUT2D eigenvalue weighted by Crippen LogP contribution is -2.14. The van der Waals surface area contributed by atoms with Crippen molar-refractivity contribution < 1.29 is 28.5 Å². The van der Waals surface area contributed by atoms with Gasteiger partial charge in [0.2, 0.25) is 5.78 Å². The maximum Gasteiger partial charge on any atom is 0.313 e. The van der Waals surface area contributed by atoms with Gasteiger partial charge in [-0.3, -0.25) is 9.59 Å².